The number of benzene rings is 1. The highest BCUT2D eigenvalue weighted by molar-refractivity contribution is 6.36. The van der Waals surface area contributed by atoms with Gasteiger partial charge in [0.15, 0.2) is 6.10 Å². The van der Waals surface area contributed by atoms with E-state index >= 15 is 0 Å². The number of hydrogen-bond acceptors (Lipinski definition) is 6. The molecule has 1 unspecified atom stereocenters. The van der Waals surface area contributed by atoms with Gasteiger partial charge in [0.2, 0.25) is 0 Å². The summed E-state index contributed by atoms with van der Waals surface area (Å²) in [6, 6.07) is 6.48. The van der Waals surface area contributed by atoms with Crippen molar-refractivity contribution >= 4 is 40.1 Å². The molecule has 3 aromatic heterocycles. The van der Waals surface area contributed by atoms with Crippen LogP contribution in [0.25, 0.3) is 22.3 Å². The number of hydrogen-bond donors (Lipinski definition) is 1. The van der Waals surface area contributed by atoms with Crippen LogP contribution in [0.3, 0.4) is 0 Å². The zero-order chi connectivity index (χ0) is 22.9. The minimum atomic E-state index is -0.601. The number of fused-ring (bicyclic) bond motifs is 1. The average Bonchev–Trinajstić information content (AvgIpc) is 3.24. The topological polar surface area (TPSA) is 68.1 Å². The molecular weight excluding hydrogens is 466 g/mol. The molecule has 1 saturated heterocycles. The van der Waals surface area contributed by atoms with Gasteiger partial charge in [-0.1, -0.05) is 23.2 Å². The Morgan fingerprint density at radius 1 is 1.12 bits per heavy atom. The van der Waals surface area contributed by atoms with E-state index in [1.165, 1.54) is 12.1 Å². The van der Waals surface area contributed by atoms with Gasteiger partial charge in [-0.25, -0.2) is 9.37 Å². The van der Waals surface area contributed by atoms with Crippen molar-refractivity contribution in [2.75, 3.05) is 31.1 Å². The molecule has 0 spiro atoms. The summed E-state index contributed by atoms with van der Waals surface area (Å²) < 4.78 is 15.6. The van der Waals surface area contributed by atoms with Gasteiger partial charge in [-0.15, -0.1) is 0 Å². The highest BCUT2D eigenvalue weighted by Gasteiger charge is 2.20. The number of nitrogens with one attached hydrogen (secondary N) is 1. The third kappa shape index (κ3) is 4.34. The largest absolute Gasteiger partial charge is 0.406 e. The molecular formula is C23H21Cl2FN6O. The molecule has 0 radical (unpaired) electrons. The molecule has 1 N–H and O–H groups in total. The van der Waals surface area contributed by atoms with E-state index in [1.807, 2.05) is 12.1 Å². The van der Waals surface area contributed by atoms with Crippen molar-refractivity contribution in [1.82, 2.24) is 25.0 Å². The van der Waals surface area contributed by atoms with Gasteiger partial charge < -0.3 is 15.1 Å². The molecule has 1 aromatic carbocycles. The Kier molecular flexibility index (Phi) is 6.05. The minimum absolute atomic E-state index is 0.0507. The highest BCUT2D eigenvalue weighted by atomic mass is 35.5. The summed E-state index contributed by atoms with van der Waals surface area (Å²) in [6.07, 6.45) is 6.41. The first-order valence-corrected chi connectivity index (χ1v) is 11.3. The fourth-order valence-corrected chi connectivity index (χ4v) is 4.58. The van der Waals surface area contributed by atoms with Crippen LogP contribution in [0, 0.1) is 5.82 Å². The molecule has 4 aromatic rings. The summed E-state index contributed by atoms with van der Waals surface area (Å²) in [5, 5.41) is 3.62. The zero-order valence-electron chi connectivity index (χ0n) is 17.8. The summed E-state index contributed by atoms with van der Waals surface area (Å²) in [6.45, 7) is 5.37. The van der Waals surface area contributed by atoms with Gasteiger partial charge in [0.25, 0.3) is 0 Å². The van der Waals surface area contributed by atoms with Crippen molar-refractivity contribution in [2.45, 2.75) is 13.0 Å². The molecule has 0 bridgehead atoms. The Hall–Kier alpha value is -2.94. The van der Waals surface area contributed by atoms with E-state index in [0.29, 0.717) is 10.6 Å². The maximum absolute atomic E-state index is 14.0. The number of aromatic nitrogens is 4. The molecule has 0 amide bonds. The molecule has 1 fully saturated rings. The molecule has 7 nitrogen and oxygen atoms in total. The van der Waals surface area contributed by atoms with E-state index in [9.17, 15) is 4.39 Å². The number of anilines is 1. The molecule has 5 rings (SSSR count). The van der Waals surface area contributed by atoms with Gasteiger partial charge in [0, 0.05) is 54.7 Å². The predicted octanol–water partition coefficient (Wildman–Crippen LogP) is 4.54. The van der Waals surface area contributed by atoms with Crippen LogP contribution in [0.5, 0.6) is 0 Å². The summed E-state index contributed by atoms with van der Waals surface area (Å²) in [5.74, 6) is 0.292. The van der Waals surface area contributed by atoms with Crippen LogP contribution in [0.1, 0.15) is 18.6 Å². The van der Waals surface area contributed by atoms with Gasteiger partial charge >= 0.3 is 0 Å². The van der Waals surface area contributed by atoms with Crippen LogP contribution >= 0.6 is 23.2 Å². The first-order valence-electron chi connectivity index (χ1n) is 10.6. The van der Waals surface area contributed by atoms with Gasteiger partial charge in [0.05, 0.1) is 28.6 Å². The SMILES string of the molecule is CC(On1ccc2ncc(-c3cncc(N4CCNCC4)n3)cc21)c1c(Cl)ccc(F)c1Cl. The molecule has 10 heteroatoms. The third-order valence-corrected chi connectivity index (χ3v) is 6.33. The summed E-state index contributed by atoms with van der Waals surface area (Å²) in [7, 11) is 0. The quantitative estimate of drug-likeness (QED) is 0.417. The maximum Gasteiger partial charge on any atom is 0.150 e. The monoisotopic (exact) mass is 486 g/mol. The smallest absolute Gasteiger partial charge is 0.150 e. The standard InChI is InChI=1S/C23H21Cl2FN6O/c1-14(22-16(24)2-3-17(26)23(22)25)33-32-7-4-18-20(32)10-15(11-29-18)19-12-28-13-21(30-19)31-8-5-27-6-9-31/h2-4,7,10-14,27H,5-6,8-9H2,1H3. The van der Waals surface area contributed by atoms with Gasteiger partial charge in [0.1, 0.15) is 17.2 Å². The van der Waals surface area contributed by atoms with Crippen LogP contribution in [0.2, 0.25) is 10.0 Å². The van der Waals surface area contributed by atoms with Gasteiger partial charge in [-0.2, -0.15) is 4.73 Å². The maximum atomic E-state index is 14.0. The van der Waals surface area contributed by atoms with Gasteiger partial charge in [-0.05, 0) is 31.2 Å². The summed E-state index contributed by atoms with van der Waals surface area (Å²) >= 11 is 12.4. The van der Waals surface area contributed by atoms with E-state index < -0.39 is 11.9 Å². The van der Waals surface area contributed by atoms with Crippen molar-refractivity contribution < 1.29 is 9.23 Å². The van der Waals surface area contributed by atoms with Crippen molar-refractivity contribution in [1.29, 1.82) is 0 Å². The lowest BCUT2D eigenvalue weighted by molar-refractivity contribution is 0.0562. The van der Waals surface area contributed by atoms with E-state index in [-0.39, 0.29) is 5.02 Å². The molecule has 1 aliphatic rings. The van der Waals surface area contributed by atoms with Crippen LogP contribution in [0.15, 0.2) is 49.1 Å². The normalized spacial score (nSPS) is 15.1. The van der Waals surface area contributed by atoms with Crippen LogP contribution in [0.4, 0.5) is 10.2 Å². The first kappa shape index (κ1) is 21.9. The highest BCUT2D eigenvalue weighted by Crippen LogP contribution is 2.33. The van der Waals surface area contributed by atoms with Gasteiger partial charge in [-0.3, -0.25) is 9.97 Å². The average molecular weight is 487 g/mol. The fourth-order valence-electron chi connectivity index (χ4n) is 3.90. The number of piperazine rings is 1. The lowest BCUT2D eigenvalue weighted by atomic mass is 10.1. The van der Waals surface area contributed by atoms with Crippen LogP contribution in [-0.4, -0.2) is 45.9 Å². The Labute approximate surface area is 200 Å². The summed E-state index contributed by atoms with van der Waals surface area (Å²) in [4.78, 5) is 22.0. The number of nitrogens with zero attached hydrogens (tertiary/aromatic N) is 5. The predicted molar refractivity (Wildman–Crippen MR) is 127 cm³/mol. The second kappa shape index (κ2) is 9.13. The van der Waals surface area contributed by atoms with E-state index in [4.69, 9.17) is 33.0 Å². The lowest BCUT2D eigenvalue weighted by Crippen LogP contribution is -2.43. The Morgan fingerprint density at radius 3 is 2.76 bits per heavy atom. The molecule has 0 aliphatic carbocycles. The second-order valence-corrected chi connectivity index (χ2v) is 8.56. The minimum Gasteiger partial charge on any atom is -0.406 e. The fraction of sp³-hybridized carbons (Fsp3) is 0.261. The van der Waals surface area contributed by atoms with Crippen molar-refractivity contribution in [3.63, 3.8) is 0 Å². The van der Waals surface area contributed by atoms with Crippen molar-refractivity contribution in [3.05, 3.63) is 70.5 Å². The molecule has 0 saturated carbocycles. The first-order chi connectivity index (χ1) is 16.0. The van der Waals surface area contributed by atoms with Crippen molar-refractivity contribution in [3.8, 4) is 11.3 Å². The molecule has 170 valence electrons. The van der Waals surface area contributed by atoms with E-state index in [0.717, 1.165) is 54.3 Å². The molecule has 33 heavy (non-hydrogen) atoms. The van der Waals surface area contributed by atoms with Crippen LogP contribution in [-0.2, 0) is 0 Å². The summed E-state index contributed by atoms with van der Waals surface area (Å²) in [5.41, 5.74) is 3.40. The second-order valence-electron chi connectivity index (χ2n) is 7.77. The molecule has 1 aliphatic heterocycles. The number of halogens is 3. The molecule has 4 heterocycles. The van der Waals surface area contributed by atoms with E-state index in [2.05, 4.69) is 20.2 Å². The zero-order valence-corrected chi connectivity index (χ0v) is 19.3. The number of rotatable bonds is 5. The Balaban J connectivity index is 1.46. The lowest BCUT2D eigenvalue weighted by Gasteiger charge is -2.28. The Bertz CT molecular complexity index is 1310. The number of pyridine rings is 1. The van der Waals surface area contributed by atoms with E-state index in [1.54, 1.807) is 36.4 Å². The third-order valence-electron chi connectivity index (χ3n) is 5.62. The van der Waals surface area contributed by atoms with Crippen molar-refractivity contribution in [2.24, 2.45) is 0 Å². The Morgan fingerprint density at radius 2 is 1.94 bits per heavy atom. The molecule has 1 atom stereocenters. The van der Waals surface area contributed by atoms with Crippen LogP contribution < -0.4 is 15.1 Å².